The monoisotopic (exact) mass is 211 g/mol. The van der Waals surface area contributed by atoms with Crippen molar-refractivity contribution in [2.24, 2.45) is 7.05 Å². The molecule has 0 amide bonds. The molecule has 0 unspecified atom stereocenters. The van der Waals surface area contributed by atoms with Crippen LogP contribution in [0, 0.1) is 25.2 Å². The normalized spacial score (nSPS) is 10.1. The summed E-state index contributed by atoms with van der Waals surface area (Å²) in [7, 11) is 1.86. The predicted octanol–water partition coefficient (Wildman–Crippen LogP) is 2.58. The topological polar surface area (TPSA) is 41.6 Å². The van der Waals surface area contributed by atoms with E-state index < -0.39 is 0 Å². The number of aromatic nitrogens is 2. The molecular formula is C13H13N3. The number of imidazole rings is 1. The molecule has 2 rings (SSSR count). The molecule has 80 valence electrons. The molecule has 0 saturated heterocycles. The maximum atomic E-state index is 9.13. The Balaban J connectivity index is 2.66. The molecule has 3 heteroatoms. The summed E-state index contributed by atoms with van der Waals surface area (Å²) in [5, 5.41) is 9.13. The van der Waals surface area contributed by atoms with E-state index >= 15 is 0 Å². The minimum absolute atomic E-state index is 0.614. The molecule has 0 aliphatic carbocycles. The molecule has 0 N–H and O–H groups in total. The van der Waals surface area contributed by atoms with Crippen molar-refractivity contribution in [1.82, 2.24) is 9.55 Å². The zero-order valence-corrected chi connectivity index (χ0v) is 9.65. The Bertz CT molecular complexity index is 573. The van der Waals surface area contributed by atoms with E-state index in [9.17, 15) is 0 Å². The first-order valence-corrected chi connectivity index (χ1v) is 5.14. The lowest BCUT2D eigenvalue weighted by Gasteiger charge is -1.99. The van der Waals surface area contributed by atoms with Gasteiger partial charge in [0.15, 0.2) is 0 Å². The van der Waals surface area contributed by atoms with Crippen LogP contribution in [0.2, 0.25) is 0 Å². The predicted molar refractivity (Wildman–Crippen MR) is 62.8 cm³/mol. The summed E-state index contributed by atoms with van der Waals surface area (Å²) in [6.45, 7) is 3.94. The maximum Gasteiger partial charge on any atom is 0.147 e. The molecule has 0 atom stereocenters. The fourth-order valence-corrected chi connectivity index (χ4v) is 1.73. The summed E-state index contributed by atoms with van der Waals surface area (Å²) in [4.78, 5) is 4.43. The average molecular weight is 211 g/mol. The van der Waals surface area contributed by atoms with Crippen molar-refractivity contribution in [3.05, 3.63) is 41.3 Å². The highest BCUT2D eigenvalue weighted by atomic mass is 15.1. The first-order chi connectivity index (χ1) is 7.63. The Hall–Kier alpha value is -2.08. The maximum absolute atomic E-state index is 9.13. The minimum Gasteiger partial charge on any atom is -0.323 e. The van der Waals surface area contributed by atoms with Crippen LogP contribution >= 0.6 is 0 Å². The van der Waals surface area contributed by atoms with Gasteiger partial charge < -0.3 is 4.57 Å². The lowest BCUT2D eigenvalue weighted by Crippen LogP contribution is -1.94. The van der Waals surface area contributed by atoms with Gasteiger partial charge in [-0.3, -0.25) is 0 Å². The Labute approximate surface area is 95.0 Å². The highest BCUT2D eigenvalue weighted by Crippen LogP contribution is 2.23. The Kier molecular flexibility index (Phi) is 2.49. The number of rotatable bonds is 1. The minimum atomic E-state index is 0.614. The van der Waals surface area contributed by atoms with Gasteiger partial charge in [-0.25, -0.2) is 4.98 Å². The SMILES string of the molecule is Cc1cccc(-c2nc(C)n(C)c2C#N)c1. The summed E-state index contributed by atoms with van der Waals surface area (Å²) in [5.74, 6) is 0.855. The Morgan fingerprint density at radius 1 is 1.31 bits per heavy atom. The first kappa shape index (κ1) is 10.4. The average Bonchev–Trinajstić information content (AvgIpc) is 2.55. The van der Waals surface area contributed by atoms with E-state index in [0.717, 1.165) is 17.1 Å². The van der Waals surface area contributed by atoms with Gasteiger partial charge in [-0.05, 0) is 19.9 Å². The lowest BCUT2D eigenvalue weighted by atomic mass is 10.1. The van der Waals surface area contributed by atoms with Gasteiger partial charge in [0.1, 0.15) is 23.3 Å². The number of aryl methyl sites for hydroxylation is 2. The van der Waals surface area contributed by atoms with Crippen molar-refractivity contribution in [3.8, 4) is 17.3 Å². The molecule has 0 fully saturated rings. The van der Waals surface area contributed by atoms with Gasteiger partial charge in [-0.2, -0.15) is 5.26 Å². The van der Waals surface area contributed by atoms with Crippen LogP contribution in [-0.4, -0.2) is 9.55 Å². The van der Waals surface area contributed by atoms with Crippen LogP contribution in [0.4, 0.5) is 0 Å². The largest absolute Gasteiger partial charge is 0.323 e. The molecule has 0 bridgehead atoms. The van der Waals surface area contributed by atoms with Gasteiger partial charge in [0.2, 0.25) is 0 Å². The van der Waals surface area contributed by atoms with Crippen molar-refractivity contribution >= 4 is 0 Å². The van der Waals surface area contributed by atoms with E-state index in [1.165, 1.54) is 5.56 Å². The number of benzene rings is 1. The van der Waals surface area contributed by atoms with Gasteiger partial charge >= 0.3 is 0 Å². The number of nitriles is 1. The lowest BCUT2D eigenvalue weighted by molar-refractivity contribution is 0.845. The molecule has 0 aliphatic heterocycles. The van der Waals surface area contributed by atoms with Gasteiger partial charge in [0.25, 0.3) is 0 Å². The van der Waals surface area contributed by atoms with Gasteiger partial charge in [0.05, 0.1) is 0 Å². The third kappa shape index (κ3) is 1.59. The van der Waals surface area contributed by atoms with Gasteiger partial charge in [-0.1, -0.05) is 23.8 Å². The van der Waals surface area contributed by atoms with Crippen molar-refractivity contribution in [3.63, 3.8) is 0 Å². The second-order valence-corrected chi connectivity index (χ2v) is 3.90. The van der Waals surface area contributed by atoms with E-state index in [1.54, 1.807) is 0 Å². The Morgan fingerprint density at radius 2 is 2.06 bits per heavy atom. The fourth-order valence-electron chi connectivity index (χ4n) is 1.73. The zero-order chi connectivity index (χ0) is 11.7. The van der Waals surface area contributed by atoms with E-state index in [2.05, 4.69) is 11.1 Å². The molecule has 0 spiro atoms. The van der Waals surface area contributed by atoms with Crippen LogP contribution in [0.5, 0.6) is 0 Å². The van der Waals surface area contributed by atoms with E-state index in [-0.39, 0.29) is 0 Å². The molecule has 0 aliphatic rings. The summed E-state index contributed by atoms with van der Waals surface area (Å²) in [5.41, 5.74) is 3.55. The molecule has 0 radical (unpaired) electrons. The second kappa shape index (κ2) is 3.82. The molecule has 1 heterocycles. The standard InChI is InChI=1S/C13H13N3/c1-9-5-4-6-11(7-9)13-12(8-14)16(3)10(2)15-13/h4-7H,1-3H3. The molecule has 2 aromatic rings. The number of hydrogen-bond acceptors (Lipinski definition) is 2. The quantitative estimate of drug-likeness (QED) is 0.727. The van der Waals surface area contributed by atoms with Gasteiger partial charge in [-0.15, -0.1) is 0 Å². The van der Waals surface area contributed by atoms with Gasteiger partial charge in [0, 0.05) is 12.6 Å². The molecule has 16 heavy (non-hydrogen) atoms. The molecule has 3 nitrogen and oxygen atoms in total. The number of nitrogens with zero attached hydrogens (tertiary/aromatic N) is 3. The highest BCUT2D eigenvalue weighted by molar-refractivity contribution is 5.66. The zero-order valence-electron chi connectivity index (χ0n) is 9.65. The van der Waals surface area contributed by atoms with Crippen molar-refractivity contribution in [2.45, 2.75) is 13.8 Å². The van der Waals surface area contributed by atoms with Crippen LogP contribution in [0.1, 0.15) is 17.1 Å². The molecule has 1 aromatic heterocycles. The van der Waals surface area contributed by atoms with Crippen molar-refractivity contribution < 1.29 is 0 Å². The summed E-state index contributed by atoms with van der Waals surface area (Å²) >= 11 is 0. The van der Waals surface area contributed by atoms with Crippen LogP contribution in [0.3, 0.4) is 0 Å². The summed E-state index contributed by atoms with van der Waals surface area (Å²) < 4.78 is 1.82. The number of hydrogen-bond donors (Lipinski definition) is 0. The van der Waals surface area contributed by atoms with E-state index in [4.69, 9.17) is 5.26 Å². The fraction of sp³-hybridized carbons (Fsp3) is 0.231. The van der Waals surface area contributed by atoms with Crippen molar-refractivity contribution in [2.75, 3.05) is 0 Å². The summed E-state index contributed by atoms with van der Waals surface area (Å²) in [6, 6.07) is 10.2. The third-order valence-electron chi connectivity index (χ3n) is 2.72. The highest BCUT2D eigenvalue weighted by Gasteiger charge is 2.13. The van der Waals surface area contributed by atoms with Crippen LogP contribution in [0.25, 0.3) is 11.3 Å². The summed E-state index contributed by atoms with van der Waals surface area (Å²) in [6.07, 6.45) is 0. The van der Waals surface area contributed by atoms with E-state index in [0.29, 0.717) is 5.69 Å². The Morgan fingerprint density at radius 3 is 2.69 bits per heavy atom. The van der Waals surface area contributed by atoms with Crippen molar-refractivity contribution in [1.29, 1.82) is 5.26 Å². The second-order valence-electron chi connectivity index (χ2n) is 3.90. The first-order valence-electron chi connectivity index (χ1n) is 5.14. The molecule has 1 aromatic carbocycles. The van der Waals surface area contributed by atoms with Crippen LogP contribution in [-0.2, 0) is 7.05 Å². The molecule has 0 saturated carbocycles. The van der Waals surface area contributed by atoms with E-state index in [1.807, 2.05) is 49.7 Å². The molecular weight excluding hydrogens is 198 g/mol. The van der Waals surface area contributed by atoms with Crippen LogP contribution < -0.4 is 0 Å². The smallest absolute Gasteiger partial charge is 0.147 e. The third-order valence-corrected chi connectivity index (χ3v) is 2.72. The van der Waals surface area contributed by atoms with Crippen LogP contribution in [0.15, 0.2) is 24.3 Å².